The van der Waals surface area contributed by atoms with Crippen LogP contribution in [0.1, 0.15) is 44.9 Å². The van der Waals surface area contributed by atoms with E-state index in [2.05, 4.69) is 5.32 Å². The molecule has 1 amide bonds. The molecule has 3 saturated heterocycles. The maximum atomic E-state index is 12.2. The van der Waals surface area contributed by atoms with Gasteiger partial charge in [0.05, 0.1) is 6.10 Å². The van der Waals surface area contributed by atoms with Gasteiger partial charge in [0, 0.05) is 31.6 Å². The molecule has 0 spiro atoms. The normalized spacial score (nSPS) is 36.9. The number of aliphatic hydroxyl groups is 1. The molecule has 4 nitrogen and oxygen atoms in total. The lowest BCUT2D eigenvalue weighted by Crippen LogP contribution is -2.43. The number of likely N-dealkylation sites (tertiary alicyclic amines) is 1. The lowest BCUT2D eigenvalue weighted by molar-refractivity contribution is -0.134. The van der Waals surface area contributed by atoms with Gasteiger partial charge in [0.25, 0.3) is 0 Å². The Balaban J connectivity index is 1.49. The summed E-state index contributed by atoms with van der Waals surface area (Å²) in [5.74, 6) is 0.899. The third-order valence-electron chi connectivity index (χ3n) is 4.85. The van der Waals surface area contributed by atoms with Gasteiger partial charge in [-0.3, -0.25) is 4.79 Å². The molecule has 3 aliphatic heterocycles. The van der Waals surface area contributed by atoms with Gasteiger partial charge in [0.1, 0.15) is 0 Å². The van der Waals surface area contributed by atoms with Gasteiger partial charge in [-0.1, -0.05) is 0 Å². The fraction of sp³-hybridized carbons (Fsp3) is 0.929. The predicted molar refractivity (Wildman–Crippen MR) is 69.1 cm³/mol. The molecule has 3 fully saturated rings. The van der Waals surface area contributed by atoms with Gasteiger partial charge in [0.15, 0.2) is 0 Å². The summed E-state index contributed by atoms with van der Waals surface area (Å²) in [4.78, 5) is 14.2. The Labute approximate surface area is 109 Å². The van der Waals surface area contributed by atoms with Gasteiger partial charge in [0.2, 0.25) is 5.91 Å². The van der Waals surface area contributed by atoms with Crippen LogP contribution in [0.4, 0.5) is 0 Å². The topological polar surface area (TPSA) is 52.6 Å². The van der Waals surface area contributed by atoms with Crippen molar-refractivity contribution >= 4 is 5.91 Å². The van der Waals surface area contributed by atoms with Crippen LogP contribution in [0.3, 0.4) is 0 Å². The Hall–Kier alpha value is -0.610. The van der Waals surface area contributed by atoms with Crippen LogP contribution in [-0.4, -0.2) is 47.2 Å². The molecule has 2 N–H and O–H groups in total. The number of amides is 1. The average molecular weight is 252 g/mol. The summed E-state index contributed by atoms with van der Waals surface area (Å²) < 4.78 is 0. The van der Waals surface area contributed by atoms with Gasteiger partial charge >= 0.3 is 0 Å². The molecule has 3 rings (SSSR count). The largest absolute Gasteiger partial charge is 0.393 e. The zero-order valence-electron chi connectivity index (χ0n) is 11.0. The molecule has 2 atom stereocenters. The van der Waals surface area contributed by atoms with Crippen LogP contribution >= 0.6 is 0 Å². The third-order valence-corrected chi connectivity index (χ3v) is 4.85. The number of hydrogen-bond donors (Lipinski definition) is 2. The number of rotatable bonds is 2. The van der Waals surface area contributed by atoms with Crippen molar-refractivity contribution in [1.29, 1.82) is 0 Å². The minimum atomic E-state index is -0.191. The van der Waals surface area contributed by atoms with Crippen molar-refractivity contribution in [3.63, 3.8) is 0 Å². The molecule has 0 radical (unpaired) electrons. The van der Waals surface area contributed by atoms with E-state index in [4.69, 9.17) is 0 Å². The first-order chi connectivity index (χ1) is 8.70. The second-order valence-corrected chi connectivity index (χ2v) is 6.29. The van der Waals surface area contributed by atoms with E-state index >= 15 is 0 Å². The second kappa shape index (κ2) is 5.17. The number of piperidine rings is 2. The van der Waals surface area contributed by atoms with E-state index in [0.29, 0.717) is 23.9 Å². The van der Waals surface area contributed by atoms with Crippen molar-refractivity contribution in [1.82, 2.24) is 10.2 Å². The molecule has 3 heterocycles. The smallest absolute Gasteiger partial charge is 0.222 e. The molecule has 3 aliphatic rings. The molecule has 0 aliphatic carbocycles. The summed E-state index contributed by atoms with van der Waals surface area (Å²) >= 11 is 0. The van der Waals surface area contributed by atoms with Gasteiger partial charge in [-0.2, -0.15) is 0 Å². The van der Waals surface area contributed by atoms with E-state index in [1.165, 1.54) is 25.7 Å². The van der Waals surface area contributed by atoms with Crippen LogP contribution in [0.25, 0.3) is 0 Å². The lowest BCUT2D eigenvalue weighted by Gasteiger charge is -2.33. The van der Waals surface area contributed by atoms with Gasteiger partial charge in [-0.15, -0.1) is 0 Å². The molecule has 2 unspecified atom stereocenters. The van der Waals surface area contributed by atoms with Crippen LogP contribution in [0.15, 0.2) is 0 Å². The molecule has 4 heteroatoms. The molecule has 102 valence electrons. The molecule has 18 heavy (non-hydrogen) atoms. The predicted octanol–water partition coefficient (Wildman–Crippen LogP) is 0.890. The monoisotopic (exact) mass is 252 g/mol. The molecule has 0 aromatic rings. The van der Waals surface area contributed by atoms with Gasteiger partial charge in [-0.05, 0) is 44.4 Å². The minimum Gasteiger partial charge on any atom is -0.393 e. The highest BCUT2D eigenvalue weighted by molar-refractivity contribution is 5.76. The summed E-state index contributed by atoms with van der Waals surface area (Å²) in [6, 6.07) is 1.34. The minimum absolute atomic E-state index is 0.191. The Bertz CT molecular complexity index is 301. The van der Waals surface area contributed by atoms with E-state index < -0.39 is 0 Å². The fourth-order valence-corrected chi connectivity index (χ4v) is 3.83. The van der Waals surface area contributed by atoms with Crippen molar-refractivity contribution in [3.05, 3.63) is 0 Å². The highest BCUT2D eigenvalue weighted by Crippen LogP contribution is 2.33. The molecular weight excluding hydrogens is 228 g/mol. The summed E-state index contributed by atoms with van der Waals surface area (Å²) in [7, 11) is 0. The standard InChI is InChI=1S/C14H24N2O2/c17-13-3-5-16(6-4-13)14(18)9-10-7-11-1-2-12(8-10)15-11/h10-13,15,17H,1-9H2. The van der Waals surface area contributed by atoms with Gasteiger partial charge < -0.3 is 15.3 Å². The number of hydrogen-bond acceptors (Lipinski definition) is 3. The molecule has 0 aromatic heterocycles. The van der Waals surface area contributed by atoms with Crippen LogP contribution in [-0.2, 0) is 4.79 Å². The van der Waals surface area contributed by atoms with Crippen LogP contribution < -0.4 is 5.32 Å². The summed E-state index contributed by atoms with van der Waals surface area (Å²) in [6.07, 6.45) is 6.99. The molecule has 0 saturated carbocycles. The quantitative estimate of drug-likeness (QED) is 0.767. The lowest BCUT2D eigenvalue weighted by atomic mass is 9.89. The number of fused-ring (bicyclic) bond motifs is 2. The molecular formula is C14H24N2O2. The van der Waals surface area contributed by atoms with E-state index in [-0.39, 0.29) is 6.10 Å². The average Bonchev–Trinajstić information content (AvgIpc) is 2.69. The Morgan fingerprint density at radius 1 is 1.11 bits per heavy atom. The van der Waals surface area contributed by atoms with Crippen molar-refractivity contribution in [2.75, 3.05) is 13.1 Å². The van der Waals surface area contributed by atoms with Crippen molar-refractivity contribution < 1.29 is 9.90 Å². The number of carbonyl (C=O) groups excluding carboxylic acids is 1. The third kappa shape index (κ3) is 2.69. The van der Waals surface area contributed by atoms with Crippen LogP contribution in [0.2, 0.25) is 0 Å². The van der Waals surface area contributed by atoms with E-state index in [0.717, 1.165) is 32.4 Å². The van der Waals surface area contributed by atoms with Crippen LogP contribution in [0.5, 0.6) is 0 Å². The molecule has 0 aromatic carbocycles. The summed E-state index contributed by atoms with van der Waals surface area (Å²) in [5.41, 5.74) is 0. The van der Waals surface area contributed by atoms with Crippen molar-refractivity contribution in [3.8, 4) is 0 Å². The number of nitrogens with one attached hydrogen (secondary N) is 1. The van der Waals surface area contributed by atoms with E-state index in [1.807, 2.05) is 4.90 Å². The molecule has 2 bridgehead atoms. The number of nitrogens with zero attached hydrogens (tertiary/aromatic N) is 1. The fourth-order valence-electron chi connectivity index (χ4n) is 3.83. The number of carbonyl (C=O) groups is 1. The summed E-state index contributed by atoms with van der Waals surface area (Å²) in [5, 5.41) is 13.1. The van der Waals surface area contributed by atoms with Gasteiger partial charge in [-0.25, -0.2) is 0 Å². The van der Waals surface area contributed by atoms with Crippen molar-refractivity contribution in [2.45, 2.75) is 63.1 Å². The highest BCUT2D eigenvalue weighted by Gasteiger charge is 2.35. The highest BCUT2D eigenvalue weighted by atomic mass is 16.3. The Morgan fingerprint density at radius 3 is 2.33 bits per heavy atom. The SMILES string of the molecule is O=C(CC1CC2CCC(C1)N2)N1CCC(O)CC1. The Morgan fingerprint density at radius 2 is 1.72 bits per heavy atom. The maximum Gasteiger partial charge on any atom is 0.222 e. The maximum absolute atomic E-state index is 12.2. The van der Waals surface area contributed by atoms with E-state index in [9.17, 15) is 9.90 Å². The first-order valence-corrected chi connectivity index (χ1v) is 7.42. The zero-order valence-corrected chi connectivity index (χ0v) is 11.0. The first-order valence-electron chi connectivity index (χ1n) is 7.42. The van der Waals surface area contributed by atoms with E-state index in [1.54, 1.807) is 0 Å². The summed E-state index contributed by atoms with van der Waals surface area (Å²) in [6.45, 7) is 1.50. The van der Waals surface area contributed by atoms with Crippen LogP contribution in [0, 0.1) is 5.92 Å². The Kier molecular flexibility index (Phi) is 3.57. The zero-order chi connectivity index (χ0) is 12.5. The second-order valence-electron chi connectivity index (χ2n) is 6.29. The first kappa shape index (κ1) is 12.4. The number of aliphatic hydroxyl groups excluding tert-OH is 1. The van der Waals surface area contributed by atoms with Crippen molar-refractivity contribution in [2.24, 2.45) is 5.92 Å².